The maximum absolute atomic E-state index is 12.8. The lowest BCUT2D eigenvalue weighted by Crippen LogP contribution is -2.28. The van der Waals surface area contributed by atoms with E-state index in [2.05, 4.69) is 0 Å². The van der Waals surface area contributed by atoms with Crippen LogP contribution in [0.2, 0.25) is 5.02 Å². The summed E-state index contributed by atoms with van der Waals surface area (Å²) >= 11 is 5.98. The largest absolute Gasteiger partial charge is 0.497 e. The Bertz CT molecular complexity index is 1030. The molecule has 0 saturated heterocycles. The second kappa shape index (κ2) is 10.2. The van der Waals surface area contributed by atoms with E-state index in [1.165, 1.54) is 21.3 Å². The van der Waals surface area contributed by atoms with Crippen molar-refractivity contribution >= 4 is 23.5 Å². The summed E-state index contributed by atoms with van der Waals surface area (Å²) in [6.07, 6.45) is 3.34. The van der Waals surface area contributed by atoms with Crippen LogP contribution in [0.5, 0.6) is 11.5 Å². The predicted octanol–water partition coefficient (Wildman–Crippen LogP) is 4.07. The Hall–Kier alpha value is -3.45. The van der Waals surface area contributed by atoms with Gasteiger partial charge in [0.1, 0.15) is 11.5 Å². The van der Waals surface area contributed by atoms with E-state index in [0.717, 1.165) is 5.56 Å². The summed E-state index contributed by atoms with van der Waals surface area (Å²) in [5, 5.41) is 0.621. The van der Waals surface area contributed by atoms with Crippen LogP contribution in [-0.2, 0) is 25.6 Å². The van der Waals surface area contributed by atoms with Crippen molar-refractivity contribution in [2.45, 2.75) is 12.5 Å². The number of esters is 2. The molecule has 1 aliphatic heterocycles. The highest BCUT2D eigenvalue weighted by Gasteiger charge is 2.37. The first-order valence-electron chi connectivity index (χ1n) is 9.74. The van der Waals surface area contributed by atoms with Gasteiger partial charge in [0.2, 0.25) is 0 Å². The van der Waals surface area contributed by atoms with Gasteiger partial charge in [-0.05, 0) is 23.8 Å². The molecule has 0 radical (unpaired) electrons. The number of hydrogen-bond donors (Lipinski definition) is 0. The van der Waals surface area contributed by atoms with Crippen LogP contribution >= 0.6 is 11.6 Å². The minimum atomic E-state index is -0.753. The molecule has 0 saturated carbocycles. The number of benzene rings is 2. The lowest BCUT2D eigenvalue weighted by Gasteiger charge is -2.31. The molecular weight excluding hydrogens is 434 g/mol. The highest BCUT2D eigenvalue weighted by atomic mass is 35.5. The Balaban J connectivity index is 2.12. The molecule has 1 heterocycles. The van der Waals surface area contributed by atoms with Gasteiger partial charge >= 0.3 is 11.9 Å². The number of halogens is 1. The summed E-state index contributed by atoms with van der Waals surface area (Å²) < 4.78 is 20.9. The smallest absolute Gasteiger partial charge is 0.336 e. The number of rotatable bonds is 7. The molecule has 0 amide bonds. The summed E-state index contributed by atoms with van der Waals surface area (Å²) in [6, 6.07) is 12.5. The standard InChI is InChI=1S/C24H24ClNO6/c1-29-17-9-10-18(21(11-17)30-2)22-19(23(27)31-3)13-26(14-20(22)24(28)32-4)12-15-5-7-16(25)8-6-15/h5-11,13-14,22H,12H2,1-4H3. The van der Waals surface area contributed by atoms with Crippen molar-refractivity contribution in [3.8, 4) is 11.5 Å². The molecule has 0 unspecified atom stereocenters. The van der Waals surface area contributed by atoms with Crippen molar-refractivity contribution < 1.29 is 28.5 Å². The second-order valence-corrected chi connectivity index (χ2v) is 7.43. The number of nitrogens with zero attached hydrogens (tertiary/aromatic N) is 1. The van der Waals surface area contributed by atoms with Crippen molar-refractivity contribution in [2.24, 2.45) is 0 Å². The van der Waals surface area contributed by atoms with Crippen LogP contribution in [0.1, 0.15) is 17.0 Å². The molecule has 168 valence electrons. The fourth-order valence-corrected chi connectivity index (χ4v) is 3.70. The van der Waals surface area contributed by atoms with Crippen LogP contribution in [0.4, 0.5) is 0 Å². The molecule has 0 atom stereocenters. The summed E-state index contributed by atoms with van der Waals surface area (Å²) in [4.78, 5) is 27.3. The average molecular weight is 458 g/mol. The van der Waals surface area contributed by atoms with Gasteiger partial charge in [-0.1, -0.05) is 29.8 Å². The van der Waals surface area contributed by atoms with E-state index < -0.39 is 17.9 Å². The fraction of sp³-hybridized carbons (Fsp3) is 0.250. The summed E-state index contributed by atoms with van der Waals surface area (Å²) in [7, 11) is 5.65. The van der Waals surface area contributed by atoms with Crippen molar-refractivity contribution in [1.82, 2.24) is 4.90 Å². The maximum Gasteiger partial charge on any atom is 0.336 e. The van der Waals surface area contributed by atoms with E-state index >= 15 is 0 Å². The SMILES string of the molecule is COC(=O)C1=CN(Cc2ccc(Cl)cc2)C=C(C(=O)OC)C1c1ccc(OC)cc1OC. The lowest BCUT2D eigenvalue weighted by molar-refractivity contribution is -0.137. The molecule has 3 rings (SSSR count). The highest BCUT2D eigenvalue weighted by Crippen LogP contribution is 2.42. The first kappa shape index (κ1) is 23.2. The molecule has 2 aromatic rings. The van der Waals surface area contributed by atoms with Crippen LogP contribution in [-0.4, -0.2) is 45.3 Å². The Morgan fingerprint density at radius 3 is 1.97 bits per heavy atom. The topological polar surface area (TPSA) is 74.3 Å². The molecular formula is C24H24ClNO6. The zero-order valence-corrected chi connectivity index (χ0v) is 19.0. The lowest BCUT2D eigenvalue weighted by atomic mass is 9.82. The van der Waals surface area contributed by atoms with E-state index in [-0.39, 0.29) is 11.1 Å². The third-order valence-electron chi connectivity index (χ3n) is 5.10. The molecule has 0 spiro atoms. The quantitative estimate of drug-likeness (QED) is 0.580. The number of hydrogen-bond acceptors (Lipinski definition) is 7. The Morgan fingerprint density at radius 2 is 1.47 bits per heavy atom. The predicted molar refractivity (Wildman–Crippen MR) is 119 cm³/mol. The Labute approximate surface area is 191 Å². The molecule has 7 nitrogen and oxygen atoms in total. The van der Waals surface area contributed by atoms with Crippen LogP contribution in [0.15, 0.2) is 66.0 Å². The first-order chi connectivity index (χ1) is 15.4. The highest BCUT2D eigenvalue weighted by molar-refractivity contribution is 6.30. The molecule has 32 heavy (non-hydrogen) atoms. The van der Waals surface area contributed by atoms with Gasteiger partial charge in [0, 0.05) is 35.6 Å². The van der Waals surface area contributed by atoms with Crippen LogP contribution < -0.4 is 9.47 Å². The third kappa shape index (κ3) is 4.89. The Morgan fingerprint density at radius 1 is 0.875 bits per heavy atom. The van der Waals surface area contributed by atoms with E-state index in [4.69, 9.17) is 30.5 Å². The molecule has 2 aromatic carbocycles. The normalized spacial score (nSPS) is 13.7. The van der Waals surface area contributed by atoms with E-state index in [9.17, 15) is 9.59 Å². The third-order valence-corrected chi connectivity index (χ3v) is 5.36. The summed E-state index contributed by atoms with van der Waals surface area (Å²) in [5.74, 6) is -0.840. The number of methoxy groups -OCH3 is 4. The zero-order valence-electron chi connectivity index (χ0n) is 18.3. The van der Waals surface area contributed by atoms with Gasteiger partial charge in [-0.15, -0.1) is 0 Å². The van der Waals surface area contributed by atoms with Crippen LogP contribution in [0.25, 0.3) is 0 Å². The minimum absolute atomic E-state index is 0.271. The van der Waals surface area contributed by atoms with Crippen LogP contribution in [0.3, 0.4) is 0 Å². The van der Waals surface area contributed by atoms with E-state index in [0.29, 0.717) is 28.6 Å². The van der Waals surface area contributed by atoms with Gasteiger partial charge in [-0.3, -0.25) is 0 Å². The second-order valence-electron chi connectivity index (χ2n) is 6.99. The summed E-state index contributed by atoms with van der Waals surface area (Å²) in [5.41, 5.74) is 2.09. The van der Waals surface area contributed by atoms with Crippen LogP contribution in [0, 0.1) is 0 Å². The molecule has 1 aliphatic rings. The molecule has 0 fully saturated rings. The van der Waals surface area contributed by atoms with E-state index in [1.54, 1.807) is 54.7 Å². The van der Waals surface area contributed by atoms with Gasteiger partial charge in [-0.25, -0.2) is 9.59 Å². The summed E-state index contributed by atoms with van der Waals surface area (Å²) in [6.45, 7) is 0.407. The first-order valence-corrected chi connectivity index (χ1v) is 10.1. The molecule has 0 aromatic heterocycles. The van der Waals surface area contributed by atoms with Gasteiger partial charge in [0.25, 0.3) is 0 Å². The molecule has 0 bridgehead atoms. The number of carbonyl (C=O) groups excluding carboxylic acids is 2. The van der Waals surface area contributed by atoms with Gasteiger partial charge < -0.3 is 23.8 Å². The number of carbonyl (C=O) groups is 2. The van der Waals surface area contributed by atoms with Gasteiger partial charge in [-0.2, -0.15) is 0 Å². The Kier molecular flexibility index (Phi) is 7.43. The molecule has 0 N–H and O–H groups in total. The van der Waals surface area contributed by atoms with Gasteiger partial charge in [0.15, 0.2) is 0 Å². The monoisotopic (exact) mass is 457 g/mol. The fourth-order valence-electron chi connectivity index (χ4n) is 3.57. The van der Waals surface area contributed by atoms with Crippen molar-refractivity contribution in [1.29, 1.82) is 0 Å². The van der Waals surface area contributed by atoms with Crippen molar-refractivity contribution in [3.63, 3.8) is 0 Å². The number of ether oxygens (including phenoxy) is 4. The minimum Gasteiger partial charge on any atom is -0.497 e. The maximum atomic E-state index is 12.8. The molecule has 8 heteroatoms. The molecule has 0 aliphatic carbocycles. The van der Waals surface area contributed by atoms with Crippen molar-refractivity contribution in [3.05, 3.63) is 82.2 Å². The average Bonchev–Trinajstić information content (AvgIpc) is 2.83. The zero-order chi connectivity index (χ0) is 23.3. The van der Waals surface area contributed by atoms with Crippen molar-refractivity contribution in [2.75, 3.05) is 28.4 Å². The van der Waals surface area contributed by atoms with E-state index in [1.807, 2.05) is 12.1 Å². The van der Waals surface area contributed by atoms with Gasteiger partial charge in [0.05, 0.1) is 45.5 Å².